The lowest BCUT2D eigenvalue weighted by molar-refractivity contribution is 0.0889. The molecule has 32 heavy (non-hydrogen) atoms. The molecule has 0 atom stereocenters. The zero-order chi connectivity index (χ0) is 22.2. The van der Waals surface area contributed by atoms with Crippen LogP contribution in [0.25, 0.3) is 22.1 Å². The summed E-state index contributed by atoms with van der Waals surface area (Å²) in [5.41, 5.74) is 4.18. The lowest BCUT2D eigenvalue weighted by Gasteiger charge is -2.29. The standard InChI is InChI=1S/C26H22FNO4/c1-16-21-11-12-23-22(14-28(15-31-23)13-17-3-7-19(27)8-4-17)25(21)32-26(29)24(16)18-5-9-20(30-2)10-6-18/h3-12H,13-15H2,1-2H3. The molecule has 1 aliphatic heterocycles. The maximum absolute atomic E-state index is 13.2. The molecule has 0 spiro atoms. The van der Waals surface area contributed by atoms with E-state index >= 15 is 0 Å². The molecular weight excluding hydrogens is 409 g/mol. The monoisotopic (exact) mass is 431 g/mol. The first-order valence-electron chi connectivity index (χ1n) is 10.4. The number of hydrogen-bond donors (Lipinski definition) is 0. The zero-order valence-corrected chi connectivity index (χ0v) is 17.9. The number of ether oxygens (including phenoxy) is 2. The molecule has 5 rings (SSSR count). The van der Waals surface area contributed by atoms with E-state index in [4.69, 9.17) is 13.9 Å². The third-order valence-corrected chi connectivity index (χ3v) is 5.88. The highest BCUT2D eigenvalue weighted by Gasteiger charge is 2.24. The summed E-state index contributed by atoms with van der Waals surface area (Å²) in [6.07, 6.45) is 0. The summed E-state index contributed by atoms with van der Waals surface area (Å²) in [4.78, 5) is 15.1. The molecule has 1 aromatic heterocycles. The van der Waals surface area contributed by atoms with Gasteiger partial charge in [0.1, 0.15) is 29.6 Å². The summed E-state index contributed by atoms with van der Waals surface area (Å²) in [6.45, 7) is 3.51. The van der Waals surface area contributed by atoms with E-state index in [9.17, 15) is 9.18 Å². The van der Waals surface area contributed by atoms with Crippen LogP contribution in [0.3, 0.4) is 0 Å². The average Bonchev–Trinajstić information content (AvgIpc) is 2.81. The van der Waals surface area contributed by atoms with Crippen LogP contribution in [0.5, 0.6) is 11.5 Å². The van der Waals surface area contributed by atoms with Crippen LogP contribution < -0.4 is 15.1 Å². The van der Waals surface area contributed by atoms with E-state index in [1.54, 1.807) is 19.2 Å². The fourth-order valence-corrected chi connectivity index (χ4v) is 4.21. The number of aryl methyl sites for hydroxylation is 1. The number of halogens is 1. The minimum absolute atomic E-state index is 0.259. The Morgan fingerprint density at radius 3 is 2.50 bits per heavy atom. The van der Waals surface area contributed by atoms with Crippen molar-refractivity contribution in [3.8, 4) is 22.6 Å². The maximum Gasteiger partial charge on any atom is 0.344 e. The summed E-state index contributed by atoms with van der Waals surface area (Å²) in [7, 11) is 1.61. The van der Waals surface area contributed by atoms with Crippen molar-refractivity contribution in [3.63, 3.8) is 0 Å². The second kappa shape index (κ2) is 8.13. The summed E-state index contributed by atoms with van der Waals surface area (Å²) >= 11 is 0. The number of rotatable bonds is 4. The van der Waals surface area contributed by atoms with Crippen molar-refractivity contribution < 1.29 is 18.3 Å². The molecule has 0 N–H and O–H groups in total. The van der Waals surface area contributed by atoms with Crippen LogP contribution in [-0.4, -0.2) is 18.7 Å². The van der Waals surface area contributed by atoms with Crippen molar-refractivity contribution in [2.75, 3.05) is 13.8 Å². The zero-order valence-electron chi connectivity index (χ0n) is 17.9. The summed E-state index contributed by atoms with van der Waals surface area (Å²) in [5.74, 6) is 1.18. The number of fused-ring (bicyclic) bond motifs is 3. The third-order valence-electron chi connectivity index (χ3n) is 5.88. The van der Waals surface area contributed by atoms with Crippen molar-refractivity contribution in [2.24, 2.45) is 0 Å². The molecule has 1 aliphatic rings. The van der Waals surface area contributed by atoms with Gasteiger partial charge >= 0.3 is 5.63 Å². The van der Waals surface area contributed by atoms with Gasteiger partial charge in [-0.25, -0.2) is 9.18 Å². The number of methoxy groups -OCH3 is 1. The van der Waals surface area contributed by atoms with Gasteiger partial charge in [0.2, 0.25) is 0 Å². The Kier molecular flexibility index (Phi) is 5.15. The Balaban J connectivity index is 1.53. The van der Waals surface area contributed by atoms with E-state index in [0.717, 1.165) is 33.4 Å². The summed E-state index contributed by atoms with van der Waals surface area (Å²) in [6, 6.07) is 17.7. The molecule has 4 aromatic rings. The second-order valence-electron chi connectivity index (χ2n) is 7.92. The van der Waals surface area contributed by atoms with Crippen LogP contribution in [0.1, 0.15) is 16.7 Å². The van der Waals surface area contributed by atoms with E-state index in [1.807, 2.05) is 43.3 Å². The minimum Gasteiger partial charge on any atom is -0.497 e. The molecule has 0 aliphatic carbocycles. The molecule has 0 saturated heterocycles. The molecule has 0 saturated carbocycles. The smallest absolute Gasteiger partial charge is 0.344 e. The molecule has 0 amide bonds. The Morgan fingerprint density at radius 1 is 1.03 bits per heavy atom. The van der Waals surface area contributed by atoms with E-state index in [-0.39, 0.29) is 11.4 Å². The van der Waals surface area contributed by atoms with Crippen molar-refractivity contribution in [2.45, 2.75) is 20.0 Å². The van der Waals surface area contributed by atoms with Gasteiger partial charge in [0.25, 0.3) is 0 Å². The first kappa shape index (κ1) is 20.3. The largest absolute Gasteiger partial charge is 0.497 e. The van der Waals surface area contributed by atoms with Gasteiger partial charge in [0, 0.05) is 18.5 Å². The molecule has 0 fully saturated rings. The molecule has 3 aromatic carbocycles. The van der Waals surface area contributed by atoms with Crippen molar-refractivity contribution in [1.29, 1.82) is 0 Å². The molecule has 0 bridgehead atoms. The van der Waals surface area contributed by atoms with Crippen LogP contribution in [0, 0.1) is 12.7 Å². The molecule has 0 unspecified atom stereocenters. The lowest BCUT2D eigenvalue weighted by atomic mass is 9.97. The van der Waals surface area contributed by atoms with Gasteiger partial charge in [-0.1, -0.05) is 24.3 Å². The highest BCUT2D eigenvalue weighted by Crippen LogP contribution is 2.36. The normalized spacial score (nSPS) is 13.6. The van der Waals surface area contributed by atoms with Crippen LogP contribution in [0.4, 0.5) is 4.39 Å². The maximum atomic E-state index is 13.2. The first-order chi connectivity index (χ1) is 15.5. The Labute approximate surface area is 184 Å². The van der Waals surface area contributed by atoms with E-state index in [1.165, 1.54) is 12.1 Å². The highest BCUT2D eigenvalue weighted by molar-refractivity contribution is 5.90. The van der Waals surface area contributed by atoms with Crippen LogP contribution >= 0.6 is 0 Å². The Hall–Kier alpha value is -3.64. The highest BCUT2D eigenvalue weighted by atomic mass is 19.1. The Morgan fingerprint density at radius 2 is 1.78 bits per heavy atom. The predicted molar refractivity (Wildman–Crippen MR) is 120 cm³/mol. The van der Waals surface area contributed by atoms with Gasteiger partial charge in [-0.15, -0.1) is 0 Å². The van der Waals surface area contributed by atoms with Gasteiger partial charge in [0.15, 0.2) is 0 Å². The number of nitrogens with zero attached hydrogens (tertiary/aromatic N) is 1. The molecule has 6 heteroatoms. The quantitative estimate of drug-likeness (QED) is 0.412. The molecule has 2 heterocycles. The number of benzene rings is 3. The van der Waals surface area contributed by atoms with Crippen molar-refractivity contribution in [3.05, 3.63) is 93.6 Å². The lowest BCUT2D eigenvalue weighted by Crippen LogP contribution is -2.31. The van der Waals surface area contributed by atoms with Crippen molar-refractivity contribution in [1.82, 2.24) is 4.90 Å². The first-order valence-corrected chi connectivity index (χ1v) is 10.4. The van der Waals surface area contributed by atoms with Crippen LogP contribution in [0.2, 0.25) is 0 Å². The summed E-state index contributed by atoms with van der Waals surface area (Å²) in [5, 5.41) is 0.876. The molecule has 0 radical (unpaired) electrons. The van der Waals surface area contributed by atoms with E-state index < -0.39 is 0 Å². The number of hydrogen-bond acceptors (Lipinski definition) is 5. The molecule has 162 valence electrons. The predicted octanol–water partition coefficient (Wildman–Crippen LogP) is 5.27. The van der Waals surface area contributed by atoms with Gasteiger partial charge in [-0.05, 0) is 60.0 Å². The topological polar surface area (TPSA) is 51.9 Å². The Bertz CT molecular complexity index is 1340. The van der Waals surface area contributed by atoms with E-state index in [2.05, 4.69) is 4.90 Å². The molecule has 5 nitrogen and oxygen atoms in total. The fourth-order valence-electron chi connectivity index (χ4n) is 4.21. The minimum atomic E-state index is -0.385. The van der Waals surface area contributed by atoms with Gasteiger partial charge in [0.05, 0.1) is 18.2 Å². The third kappa shape index (κ3) is 3.63. The average molecular weight is 431 g/mol. The molecular formula is C26H22FNO4. The van der Waals surface area contributed by atoms with Gasteiger partial charge < -0.3 is 13.9 Å². The van der Waals surface area contributed by atoms with E-state index in [0.29, 0.717) is 36.7 Å². The SMILES string of the molecule is COc1ccc(-c2c(C)c3ccc4c(c3oc2=O)CN(Cc2ccc(F)cc2)CO4)cc1. The second-order valence-corrected chi connectivity index (χ2v) is 7.92. The van der Waals surface area contributed by atoms with Crippen LogP contribution in [0.15, 0.2) is 69.9 Å². The van der Waals surface area contributed by atoms with Crippen LogP contribution in [-0.2, 0) is 13.1 Å². The van der Waals surface area contributed by atoms with Crippen molar-refractivity contribution >= 4 is 11.0 Å². The fraction of sp³-hybridized carbons (Fsp3) is 0.192. The van der Waals surface area contributed by atoms with Gasteiger partial charge in [-0.3, -0.25) is 4.90 Å². The van der Waals surface area contributed by atoms with Gasteiger partial charge in [-0.2, -0.15) is 0 Å². The summed E-state index contributed by atoms with van der Waals surface area (Å²) < 4.78 is 30.2.